The van der Waals surface area contributed by atoms with Gasteiger partial charge in [-0.15, -0.1) is 23.1 Å². The van der Waals surface area contributed by atoms with Crippen molar-refractivity contribution in [3.63, 3.8) is 0 Å². The van der Waals surface area contributed by atoms with E-state index < -0.39 is 5.60 Å². The van der Waals surface area contributed by atoms with Crippen molar-refractivity contribution in [1.29, 1.82) is 0 Å². The van der Waals surface area contributed by atoms with Crippen LogP contribution in [0.1, 0.15) is 27.1 Å². The van der Waals surface area contributed by atoms with Gasteiger partial charge in [0.15, 0.2) is 5.60 Å². The Hall–Kier alpha value is -1.59. The fourth-order valence-corrected chi connectivity index (χ4v) is 5.69. The number of thiophene rings is 1. The van der Waals surface area contributed by atoms with Gasteiger partial charge in [-0.2, -0.15) is 0 Å². The summed E-state index contributed by atoms with van der Waals surface area (Å²) in [5, 5.41) is 14.1. The first-order chi connectivity index (χ1) is 12.1. The molecule has 2 nitrogen and oxygen atoms in total. The van der Waals surface area contributed by atoms with E-state index in [1.807, 2.05) is 12.1 Å². The standard InChI is InChI=1S/C21H21NOS2/c1-22(2)13-15-7-9-17(10-8-15)21(23)18-5-3-4-6-19(18)25-14-16-11-12-24-20(16)21/h3-12,23H,13-14H2,1-2H3. The number of hydrogen-bond donors (Lipinski definition) is 1. The average Bonchev–Trinajstić information content (AvgIpc) is 3.05. The summed E-state index contributed by atoms with van der Waals surface area (Å²) >= 11 is 3.45. The highest BCUT2D eigenvalue weighted by Gasteiger charge is 2.40. The molecule has 1 aromatic heterocycles. The molecule has 1 unspecified atom stereocenters. The quantitative estimate of drug-likeness (QED) is 0.726. The topological polar surface area (TPSA) is 23.5 Å². The van der Waals surface area contributed by atoms with Gasteiger partial charge in [0.25, 0.3) is 0 Å². The second-order valence-electron chi connectivity index (χ2n) is 6.70. The maximum absolute atomic E-state index is 12.0. The largest absolute Gasteiger partial charge is 0.375 e. The van der Waals surface area contributed by atoms with Gasteiger partial charge in [0.2, 0.25) is 0 Å². The van der Waals surface area contributed by atoms with Gasteiger partial charge in [-0.25, -0.2) is 0 Å². The lowest BCUT2D eigenvalue weighted by Crippen LogP contribution is -2.28. The number of fused-ring (bicyclic) bond motifs is 2. The van der Waals surface area contributed by atoms with Crippen LogP contribution in [0.25, 0.3) is 0 Å². The van der Waals surface area contributed by atoms with E-state index in [4.69, 9.17) is 0 Å². The van der Waals surface area contributed by atoms with Gasteiger partial charge in [-0.1, -0.05) is 42.5 Å². The number of hydrogen-bond acceptors (Lipinski definition) is 4. The van der Waals surface area contributed by atoms with E-state index in [0.29, 0.717) is 0 Å². The summed E-state index contributed by atoms with van der Waals surface area (Å²) in [6, 6.07) is 18.8. The lowest BCUT2D eigenvalue weighted by molar-refractivity contribution is 0.126. The molecule has 0 saturated carbocycles. The minimum Gasteiger partial charge on any atom is -0.375 e. The molecule has 25 heavy (non-hydrogen) atoms. The first kappa shape index (κ1) is 16.9. The number of benzene rings is 2. The maximum Gasteiger partial charge on any atom is 0.151 e. The van der Waals surface area contributed by atoms with E-state index in [1.54, 1.807) is 23.1 Å². The molecule has 0 amide bonds. The molecule has 2 heterocycles. The summed E-state index contributed by atoms with van der Waals surface area (Å²) in [7, 11) is 4.14. The highest BCUT2D eigenvalue weighted by atomic mass is 32.2. The zero-order valence-corrected chi connectivity index (χ0v) is 16.0. The van der Waals surface area contributed by atoms with E-state index >= 15 is 0 Å². The molecule has 1 aliphatic rings. The molecule has 4 heteroatoms. The first-order valence-corrected chi connectivity index (χ1v) is 10.2. The van der Waals surface area contributed by atoms with Gasteiger partial charge in [0.1, 0.15) is 0 Å². The lowest BCUT2D eigenvalue weighted by Gasteiger charge is -2.30. The Labute approximate surface area is 157 Å². The molecule has 1 aliphatic heterocycles. The van der Waals surface area contributed by atoms with Gasteiger partial charge in [0.05, 0.1) is 0 Å². The van der Waals surface area contributed by atoms with Crippen molar-refractivity contribution in [3.05, 3.63) is 87.1 Å². The third-order valence-electron chi connectivity index (χ3n) is 4.61. The maximum atomic E-state index is 12.0. The normalized spacial score (nSPS) is 19.4. The molecule has 0 saturated heterocycles. The number of thioether (sulfide) groups is 1. The highest BCUT2D eigenvalue weighted by Crippen LogP contribution is 2.48. The van der Waals surface area contributed by atoms with Crippen LogP contribution in [0.4, 0.5) is 0 Å². The van der Waals surface area contributed by atoms with Gasteiger partial charge in [-0.05, 0) is 48.3 Å². The van der Waals surface area contributed by atoms with Gasteiger partial charge in [-0.3, -0.25) is 0 Å². The van der Waals surface area contributed by atoms with Gasteiger partial charge >= 0.3 is 0 Å². The summed E-state index contributed by atoms with van der Waals surface area (Å²) in [4.78, 5) is 4.36. The van der Waals surface area contributed by atoms with E-state index in [1.165, 1.54) is 11.1 Å². The van der Waals surface area contributed by atoms with Crippen LogP contribution in [0.3, 0.4) is 0 Å². The highest BCUT2D eigenvalue weighted by molar-refractivity contribution is 7.98. The molecular weight excluding hydrogens is 346 g/mol. The van der Waals surface area contributed by atoms with Crippen LogP contribution in [0, 0.1) is 0 Å². The summed E-state index contributed by atoms with van der Waals surface area (Å²) in [6.45, 7) is 0.898. The predicted molar refractivity (Wildman–Crippen MR) is 106 cm³/mol. The molecule has 0 fully saturated rings. The fraction of sp³-hybridized carbons (Fsp3) is 0.238. The third-order valence-corrected chi connectivity index (χ3v) is 6.79. The van der Waals surface area contributed by atoms with Crippen LogP contribution in [-0.2, 0) is 17.9 Å². The summed E-state index contributed by atoms with van der Waals surface area (Å²) in [5.74, 6) is 0.900. The van der Waals surface area contributed by atoms with Crippen LogP contribution < -0.4 is 0 Å². The SMILES string of the molecule is CN(C)Cc1ccc(C2(O)c3ccccc3SCc3ccsc32)cc1. The zero-order chi connectivity index (χ0) is 17.4. The Bertz CT molecular complexity index is 885. The number of rotatable bonds is 3. The van der Waals surface area contributed by atoms with Crippen molar-refractivity contribution in [1.82, 2.24) is 4.90 Å². The van der Waals surface area contributed by atoms with Crippen LogP contribution >= 0.6 is 23.1 Å². The van der Waals surface area contributed by atoms with Gasteiger partial charge in [0, 0.05) is 27.6 Å². The van der Waals surface area contributed by atoms with Crippen molar-refractivity contribution in [3.8, 4) is 0 Å². The molecule has 0 bridgehead atoms. The summed E-state index contributed by atoms with van der Waals surface area (Å²) in [6.07, 6.45) is 0. The zero-order valence-electron chi connectivity index (χ0n) is 14.4. The van der Waals surface area contributed by atoms with Crippen LogP contribution in [0.2, 0.25) is 0 Å². The van der Waals surface area contributed by atoms with Gasteiger partial charge < -0.3 is 10.0 Å². The van der Waals surface area contributed by atoms with Crippen LogP contribution in [0.15, 0.2) is 64.9 Å². The van der Waals surface area contributed by atoms with Crippen molar-refractivity contribution in [2.24, 2.45) is 0 Å². The van der Waals surface area contributed by atoms with Crippen molar-refractivity contribution < 1.29 is 5.11 Å². The molecule has 0 aliphatic carbocycles. The second-order valence-corrected chi connectivity index (χ2v) is 8.64. The Balaban J connectivity index is 1.88. The average molecular weight is 368 g/mol. The molecule has 1 N–H and O–H groups in total. The molecule has 4 rings (SSSR count). The fourth-order valence-electron chi connectivity index (χ4n) is 3.44. The Morgan fingerprint density at radius 3 is 2.56 bits per heavy atom. The summed E-state index contributed by atoms with van der Waals surface area (Å²) in [5.41, 5.74) is 3.32. The minimum absolute atomic E-state index is 0.898. The molecule has 0 radical (unpaired) electrons. The summed E-state index contributed by atoms with van der Waals surface area (Å²) < 4.78 is 0. The van der Waals surface area contributed by atoms with Crippen molar-refractivity contribution >= 4 is 23.1 Å². The molecule has 2 aromatic carbocycles. The predicted octanol–water partition coefficient (Wildman–Crippen LogP) is 4.70. The molecular formula is C21H21NOS2. The second kappa shape index (κ2) is 6.61. The van der Waals surface area contributed by atoms with Crippen molar-refractivity contribution in [2.75, 3.05) is 14.1 Å². The first-order valence-electron chi connectivity index (χ1n) is 8.34. The number of aliphatic hydroxyl groups is 1. The van der Waals surface area contributed by atoms with Crippen LogP contribution in [-0.4, -0.2) is 24.1 Å². The Kier molecular flexibility index (Phi) is 4.46. The smallest absolute Gasteiger partial charge is 0.151 e. The monoisotopic (exact) mass is 367 g/mol. The molecule has 128 valence electrons. The minimum atomic E-state index is -1.08. The number of nitrogens with zero attached hydrogens (tertiary/aromatic N) is 1. The van der Waals surface area contributed by atoms with Crippen LogP contribution in [0.5, 0.6) is 0 Å². The molecule has 3 aromatic rings. The van der Waals surface area contributed by atoms with Crippen molar-refractivity contribution in [2.45, 2.75) is 22.8 Å². The van der Waals surface area contributed by atoms with E-state index in [-0.39, 0.29) is 0 Å². The van der Waals surface area contributed by atoms with E-state index in [2.05, 4.69) is 66.8 Å². The Morgan fingerprint density at radius 2 is 1.80 bits per heavy atom. The lowest BCUT2D eigenvalue weighted by atomic mass is 9.83. The Morgan fingerprint density at radius 1 is 1.04 bits per heavy atom. The third kappa shape index (κ3) is 2.93. The van der Waals surface area contributed by atoms with E-state index in [0.717, 1.165) is 33.2 Å². The van der Waals surface area contributed by atoms with E-state index in [9.17, 15) is 5.11 Å². The molecule has 1 atom stereocenters. The molecule has 0 spiro atoms.